The van der Waals surface area contributed by atoms with Crippen LogP contribution in [-0.4, -0.2) is 24.0 Å². The highest BCUT2D eigenvalue weighted by Gasteiger charge is 2.16. The van der Waals surface area contributed by atoms with E-state index in [1.54, 1.807) is 30.1 Å². The van der Waals surface area contributed by atoms with Crippen LogP contribution >= 0.6 is 0 Å². The first kappa shape index (κ1) is 15.0. The van der Waals surface area contributed by atoms with Crippen molar-refractivity contribution in [2.45, 2.75) is 26.7 Å². The van der Waals surface area contributed by atoms with Crippen LogP contribution < -0.4 is 10.6 Å². The van der Waals surface area contributed by atoms with Crippen molar-refractivity contribution in [1.82, 2.24) is 0 Å². The molecule has 0 spiro atoms. The third kappa shape index (κ3) is 3.98. The van der Waals surface area contributed by atoms with Crippen molar-refractivity contribution < 1.29 is 10.0 Å². The van der Waals surface area contributed by atoms with Gasteiger partial charge in [-0.1, -0.05) is 31.1 Å². The third-order valence-electron chi connectivity index (χ3n) is 2.96. The van der Waals surface area contributed by atoms with Gasteiger partial charge in [0.2, 0.25) is 5.91 Å². The molecule has 0 saturated carbocycles. The number of nitrogens with two attached hydrogens (primary N) is 1. The number of nitrogens with zero attached hydrogens (tertiary/aromatic N) is 2. The Labute approximate surface area is 113 Å². The number of rotatable bonds is 5. The number of benzene rings is 1. The van der Waals surface area contributed by atoms with Gasteiger partial charge in [-0.2, -0.15) is 0 Å². The van der Waals surface area contributed by atoms with Crippen LogP contribution in [0.25, 0.3) is 0 Å². The zero-order valence-corrected chi connectivity index (χ0v) is 11.6. The van der Waals surface area contributed by atoms with Crippen LogP contribution in [0, 0.1) is 5.92 Å². The number of amides is 1. The Balaban J connectivity index is 2.93. The molecule has 1 aromatic rings. The fraction of sp³-hybridized carbons (Fsp3) is 0.429. The van der Waals surface area contributed by atoms with Crippen molar-refractivity contribution in [3.8, 4) is 0 Å². The largest absolute Gasteiger partial charge is 0.409 e. The van der Waals surface area contributed by atoms with Gasteiger partial charge in [0, 0.05) is 19.0 Å². The minimum Gasteiger partial charge on any atom is -0.409 e. The van der Waals surface area contributed by atoms with E-state index >= 15 is 0 Å². The molecule has 0 atom stereocenters. The number of anilines is 1. The van der Waals surface area contributed by atoms with E-state index in [0.717, 1.165) is 6.42 Å². The average molecular weight is 263 g/mol. The summed E-state index contributed by atoms with van der Waals surface area (Å²) in [7, 11) is 1.70. The molecule has 0 unspecified atom stereocenters. The second kappa shape index (κ2) is 6.78. The van der Waals surface area contributed by atoms with Crippen LogP contribution in [0.15, 0.2) is 29.4 Å². The lowest BCUT2D eigenvalue weighted by Crippen LogP contribution is -2.29. The van der Waals surface area contributed by atoms with Gasteiger partial charge < -0.3 is 15.8 Å². The molecule has 1 aromatic carbocycles. The minimum absolute atomic E-state index is 0.000824. The third-order valence-corrected chi connectivity index (χ3v) is 2.96. The molecule has 3 N–H and O–H groups in total. The topological polar surface area (TPSA) is 78.9 Å². The van der Waals surface area contributed by atoms with Gasteiger partial charge in [-0.25, -0.2) is 0 Å². The quantitative estimate of drug-likeness (QED) is 0.370. The molecule has 0 heterocycles. The Bertz CT molecular complexity index is 470. The lowest BCUT2D eigenvalue weighted by molar-refractivity contribution is -0.118. The SMILES string of the molecule is CC(C)CCC(=O)N(C)c1ccccc1C(N)=NO. The second-order valence-electron chi connectivity index (χ2n) is 4.89. The monoisotopic (exact) mass is 263 g/mol. The van der Waals surface area contributed by atoms with E-state index in [-0.39, 0.29) is 11.7 Å². The lowest BCUT2D eigenvalue weighted by Gasteiger charge is -2.20. The van der Waals surface area contributed by atoms with Gasteiger partial charge in [0.25, 0.3) is 0 Å². The molecule has 5 nitrogen and oxygen atoms in total. The van der Waals surface area contributed by atoms with Gasteiger partial charge in [-0.15, -0.1) is 0 Å². The van der Waals surface area contributed by atoms with E-state index < -0.39 is 0 Å². The first-order valence-corrected chi connectivity index (χ1v) is 6.30. The molecule has 0 fully saturated rings. The predicted molar refractivity (Wildman–Crippen MR) is 76.4 cm³/mol. The lowest BCUT2D eigenvalue weighted by atomic mass is 10.1. The Morgan fingerprint density at radius 1 is 1.42 bits per heavy atom. The van der Waals surface area contributed by atoms with E-state index in [1.807, 2.05) is 6.07 Å². The molecular formula is C14H21N3O2. The average Bonchev–Trinajstić information content (AvgIpc) is 2.42. The second-order valence-corrected chi connectivity index (χ2v) is 4.89. The van der Waals surface area contributed by atoms with Gasteiger partial charge in [0.1, 0.15) is 0 Å². The molecule has 0 bridgehead atoms. The minimum atomic E-state index is -0.000824. The summed E-state index contributed by atoms with van der Waals surface area (Å²) < 4.78 is 0. The molecule has 0 radical (unpaired) electrons. The number of amidine groups is 1. The number of hydrogen-bond donors (Lipinski definition) is 2. The summed E-state index contributed by atoms with van der Waals surface area (Å²) in [5.41, 5.74) is 6.81. The molecule has 19 heavy (non-hydrogen) atoms. The zero-order valence-electron chi connectivity index (χ0n) is 11.6. The molecule has 0 aromatic heterocycles. The van der Waals surface area contributed by atoms with E-state index in [0.29, 0.717) is 23.6 Å². The van der Waals surface area contributed by atoms with Crippen molar-refractivity contribution >= 4 is 17.4 Å². The zero-order chi connectivity index (χ0) is 14.4. The Kier molecular flexibility index (Phi) is 5.36. The normalized spacial score (nSPS) is 11.7. The van der Waals surface area contributed by atoms with Crippen LogP contribution in [-0.2, 0) is 4.79 Å². The highest BCUT2D eigenvalue weighted by molar-refractivity contribution is 6.06. The summed E-state index contributed by atoms with van der Waals surface area (Å²) in [4.78, 5) is 13.6. The van der Waals surface area contributed by atoms with Crippen molar-refractivity contribution in [1.29, 1.82) is 0 Å². The maximum atomic E-state index is 12.1. The highest BCUT2D eigenvalue weighted by Crippen LogP contribution is 2.20. The predicted octanol–water partition coefficient (Wildman–Crippen LogP) is 2.18. The number of carbonyl (C=O) groups is 1. The fourth-order valence-corrected chi connectivity index (χ4v) is 1.75. The van der Waals surface area contributed by atoms with Gasteiger partial charge in [0.05, 0.1) is 5.69 Å². The maximum Gasteiger partial charge on any atom is 0.226 e. The number of para-hydroxylation sites is 1. The molecule has 0 saturated heterocycles. The Morgan fingerprint density at radius 2 is 2.05 bits per heavy atom. The van der Waals surface area contributed by atoms with Crippen molar-refractivity contribution in [2.75, 3.05) is 11.9 Å². The molecule has 104 valence electrons. The van der Waals surface area contributed by atoms with Gasteiger partial charge in [-0.3, -0.25) is 4.79 Å². The van der Waals surface area contributed by atoms with Gasteiger partial charge in [-0.05, 0) is 24.5 Å². The number of oxime groups is 1. The maximum absolute atomic E-state index is 12.1. The van der Waals surface area contributed by atoms with Gasteiger partial charge >= 0.3 is 0 Å². The summed E-state index contributed by atoms with van der Waals surface area (Å²) in [6, 6.07) is 7.09. The van der Waals surface area contributed by atoms with Crippen LogP contribution in [0.4, 0.5) is 5.69 Å². The summed E-state index contributed by atoms with van der Waals surface area (Å²) in [5.74, 6) is 0.502. The summed E-state index contributed by atoms with van der Waals surface area (Å²) in [5, 5.41) is 11.8. The van der Waals surface area contributed by atoms with Crippen molar-refractivity contribution in [2.24, 2.45) is 16.8 Å². The van der Waals surface area contributed by atoms with E-state index in [1.165, 1.54) is 0 Å². The summed E-state index contributed by atoms with van der Waals surface area (Å²) in [6.45, 7) is 4.16. The number of carbonyl (C=O) groups excluding carboxylic acids is 1. The molecule has 0 aliphatic carbocycles. The highest BCUT2D eigenvalue weighted by atomic mass is 16.4. The van der Waals surface area contributed by atoms with Gasteiger partial charge in [0.15, 0.2) is 5.84 Å². The molecule has 0 aliphatic rings. The van der Waals surface area contributed by atoms with E-state index in [2.05, 4.69) is 19.0 Å². The molecule has 0 aliphatic heterocycles. The van der Waals surface area contributed by atoms with E-state index in [4.69, 9.17) is 10.9 Å². The smallest absolute Gasteiger partial charge is 0.226 e. The first-order chi connectivity index (χ1) is 8.97. The van der Waals surface area contributed by atoms with E-state index in [9.17, 15) is 4.79 Å². The molecule has 5 heteroatoms. The molecule has 1 rings (SSSR count). The molecular weight excluding hydrogens is 242 g/mol. The van der Waals surface area contributed by atoms with Crippen LogP contribution in [0.1, 0.15) is 32.3 Å². The standard InChI is InChI=1S/C14H21N3O2/c1-10(2)8-9-13(18)17(3)12-7-5-4-6-11(12)14(15)16-19/h4-7,10,19H,8-9H2,1-3H3,(H2,15,16). The molecule has 1 amide bonds. The number of hydrogen-bond acceptors (Lipinski definition) is 3. The van der Waals surface area contributed by atoms with Crippen molar-refractivity contribution in [3.63, 3.8) is 0 Å². The Hall–Kier alpha value is -2.04. The summed E-state index contributed by atoms with van der Waals surface area (Å²) in [6.07, 6.45) is 1.33. The fourth-order valence-electron chi connectivity index (χ4n) is 1.75. The first-order valence-electron chi connectivity index (χ1n) is 6.30. The summed E-state index contributed by atoms with van der Waals surface area (Å²) >= 11 is 0. The van der Waals surface area contributed by atoms with Crippen LogP contribution in [0.5, 0.6) is 0 Å². The van der Waals surface area contributed by atoms with Crippen LogP contribution in [0.2, 0.25) is 0 Å². The Morgan fingerprint density at radius 3 is 2.63 bits per heavy atom. The van der Waals surface area contributed by atoms with Crippen LogP contribution in [0.3, 0.4) is 0 Å². The van der Waals surface area contributed by atoms with Crippen molar-refractivity contribution in [3.05, 3.63) is 29.8 Å².